The molecule has 1 aromatic rings. The molecule has 104 valence electrons. The highest BCUT2D eigenvalue weighted by Crippen LogP contribution is 2.20. The van der Waals surface area contributed by atoms with Crippen LogP contribution in [0.4, 0.5) is 0 Å². The highest BCUT2D eigenvalue weighted by Gasteiger charge is 2.31. The maximum absolute atomic E-state index is 10.9. The van der Waals surface area contributed by atoms with E-state index in [1.54, 1.807) is 12.4 Å². The third kappa shape index (κ3) is 4.29. The van der Waals surface area contributed by atoms with Gasteiger partial charge >= 0.3 is 0 Å². The van der Waals surface area contributed by atoms with Crippen LogP contribution < -0.4 is 5.73 Å². The van der Waals surface area contributed by atoms with Crippen molar-refractivity contribution in [3.63, 3.8) is 0 Å². The zero-order valence-electron chi connectivity index (χ0n) is 11.0. The summed E-state index contributed by atoms with van der Waals surface area (Å²) in [7, 11) is 0. The fourth-order valence-electron chi connectivity index (χ4n) is 2.64. The minimum absolute atomic E-state index is 0.00146. The normalized spacial score (nSPS) is 23.6. The Labute approximate surface area is 113 Å². The van der Waals surface area contributed by atoms with Crippen LogP contribution in [-0.4, -0.2) is 46.6 Å². The van der Waals surface area contributed by atoms with Crippen molar-refractivity contribution in [3.05, 3.63) is 30.1 Å². The van der Waals surface area contributed by atoms with Crippen LogP contribution in [0.1, 0.15) is 18.4 Å². The van der Waals surface area contributed by atoms with Crippen molar-refractivity contribution in [3.8, 4) is 0 Å². The Morgan fingerprint density at radius 2 is 2.16 bits per heavy atom. The molecule has 2 atom stereocenters. The zero-order chi connectivity index (χ0) is 13.7. The Kier molecular flexibility index (Phi) is 4.87. The van der Waals surface area contributed by atoms with Gasteiger partial charge in [-0.25, -0.2) is 0 Å². The number of hydrogen-bond acceptors (Lipinski definition) is 4. The second kappa shape index (κ2) is 6.63. The number of aromatic nitrogens is 1. The molecule has 19 heavy (non-hydrogen) atoms. The largest absolute Gasteiger partial charge is 0.391 e. The highest BCUT2D eigenvalue weighted by molar-refractivity contribution is 5.74. The van der Waals surface area contributed by atoms with E-state index in [9.17, 15) is 9.90 Å². The molecule has 0 aliphatic carbocycles. The summed E-state index contributed by atoms with van der Waals surface area (Å²) in [5.74, 6) is -0.332. The van der Waals surface area contributed by atoms with E-state index in [-0.39, 0.29) is 18.2 Å². The topological polar surface area (TPSA) is 79.5 Å². The molecule has 1 aromatic heterocycles. The van der Waals surface area contributed by atoms with Crippen LogP contribution in [-0.2, 0) is 11.2 Å². The summed E-state index contributed by atoms with van der Waals surface area (Å²) in [5.41, 5.74) is 6.46. The lowest BCUT2D eigenvalue weighted by molar-refractivity contribution is -0.119. The molecule has 2 heterocycles. The lowest BCUT2D eigenvalue weighted by Gasteiger charge is -2.14. The number of aliphatic hydroxyl groups excluding tert-OH is 1. The van der Waals surface area contributed by atoms with Crippen molar-refractivity contribution in [2.45, 2.75) is 25.4 Å². The van der Waals surface area contributed by atoms with Gasteiger partial charge in [-0.15, -0.1) is 0 Å². The minimum atomic E-state index is -0.423. The third-order valence-corrected chi connectivity index (χ3v) is 3.63. The maximum atomic E-state index is 10.9. The number of nitrogens with two attached hydrogens (primary N) is 1. The van der Waals surface area contributed by atoms with E-state index >= 15 is 0 Å². The van der Waals surface area contributed by atoms with Gasteiger partial charge in [0.25, 0.3) is 0 Å². The monoisotopic (exact) mass is 263 g/mol. The molecule has 0 radical (unpaired) electrons. The average molecular weight is 263 g/mol. The molecule has 1 amide bonds. The molecule has 1 saturated heterocycles. The predicted octanol–water partition coefficient (Wildman–Crippen LogP) is 0.182. The highest BCUT2D eigenvalue weighted by atomic mass is 16.3. The molecule has 2 rings (SSSR count). The van der Waals surface area contributed by atoms with E-state index in [1.807, 2.05) is 12.1 Å². The number of nitrogens with zero attached hydrogens (tertiary/aromatic N) is 2. The third-order valence-electron chi connectivity index (χ3n) is 3.63. The van der Waals surface area contributed by atoms with E-state index < -0.39 is 6.10 Å². The van der Waals surface area contributed by atoms with Gasteiger partial charge in [0.2, 0.25) is 5.91 Å². The molecule has 0 unspecified atom stereocenters. The number of aliphatic hydroxyl groups is 1. The van der Waals surface area contributed by atoms with E-state index in [0.29, 0.717) is 6.54 Å². The van der Waals surface area contributed by atoms with Crippen LogP contribution in [0, 0.1) is 5.92 Å². The maximum Gasteiger partial charge on any atom is 0.217 e. The van der Waals surface area contributed by atoms with Crippen molar-refractivity contribution in [1.82, 2.24) is 9.88 Å². The van der Waals surface area contributed by atoms with Crippen molar-refractivity contribution < 1.29 is 9.90 Å². The first-order chi connectivity index (χ1) is 9.15. The number of carbonyl (C=O) groups is 1. The molecule has 0 bridgehead atoms. The standard InChI is InChI=1S/C14H21N3O2/c15-14(19)8-12-9-17(10-13(12)18)7-1-2-11-3-5-16-6-4-11/h3-6,12-13,18H,1-2,7-10H2,(H2,15,19)/t12-,13-/m1/s1. The summed E-state index contributed by atoms with van der Waals surface area (Å²) in [6, 6.07) is 4.05. The van der Waals surface area contributed by atoms with Gasteiger partial charge < -0.3 is 15.7 Å². The number of likely N-dealkylation sites (tertiary alicyclic amines) is 1. The summed E-state index contributed by atoms with van der Waals surface area (Å²) in [5, 5.41) is 9.87. The number of primary amides is 1. The Hall–Kier alpha value is -1.46. The number of aryl methyl sites for hydroxylation is 1. The molecule has 0 spiro atoms. The Morgan fingerprint density at radius 3 is 2.84 bits per heavy atom. The van der Waals surface area contributed by atoms with Crippen LogP contribution in [0.15, 0.2) is 24.5 Å². The number of rotatable bonds is 6. The Balaban J connectivity index is 1.71. The van der Waals surface area contributed by atoms with E-state index in [2.05, 4.69) is 9.88 Å². The van der Waals surface area contributed by atoms with Gasteiger partial charge in [-0.05, 0) is 37.1 Å². The lowest BCUT2D eigenvalue weighted by Crippen LogP contribution is -2.24. The van der Waals surface area contributed by atoms with Crippen LogP contribution in [0.3, 0.4) is 0 Å². The van der Waals surface area contributed by atoms with Gasteiger partial charge in [0.1, 0.15) is 0 Å². The quantitative estimate of drug-likeness (QED) is 0.767. The fourth-order valence-corrected chi connectivity index (χ4v) is 2.64. The van der Waals surface area contributed by atoms with Gasteiger partial charge in [-0.2, -0.15) is 0 Å². The van der Waals surface area contributed by atoms with E-state index in [0.717, 1.165) is 25.9 Å². The number of amides is 1. The van der Waals surface area contributed by atoms with Gasteiger partial charge in [0, 0.05) is 37.8 Å². The molecule has 1 fully saturated rings. The molecule has 3 N–H and O–H groups in total. The van der Waals surface area contributed by atoms with Gasteiger partial charge in [-0.1, -0.05) is 0 Å². The summed E-state index contributed by atoms with van der Waals surface area (Å²) in [4.78, 5) is 17.1. The summed E-state index contributed by atoms with van der Waals surface area (Å²) in [6.45, 7) is 2.35. The molecule has 5 heteroatoms. The van der Waals surface area contributed by atoms with E-state index in [1.165, 1.54) is 5.56 Å². The van der Waals surface area contributed by atoms with E-state index in [4.69, 9.17) is 5.73 Å². The van der Waals surface area contributed by atoms with Crippen LogP contribution in [0.2, 0.25) is 0 Å². The first kappa shape index (κ1) is 14.0. The minimum Gasteiger partial charge on any atom is -0.391 e. The molecule has 1 aliphatic rings. The number of β-amino-alcohol motifs (C(OH)–C–C–N with tert-alkyl or cyclic N) is 1. The lowest BCUT2D eigenvalue weighted by atomic mass is 10.0. The van der Waals surface area contributed by atoms with Crippen LogP contribution in [0.25, 0.3) is 0 Å². The van der Waals surface area contributed by atoms with Crippen LogP contribution >= 0.6 is 0 Å². The fraction of sp³-hybridized carbons (Fsp3) is 0.571. The SMILES string of the molecule is NC(=O)C[C@@H]1CN(CCCc2ccncc2)C[C@H]1O. The predicted molar refractivity (Wildman–Crippen MR) is 72.3 cm³/mol. The van der Waals surface area contributed by atoms with Crippen molar-refractivity contribution >= 4 is 5.91 Å². The number of carbonyl (C=O) groups excluding carboxylic acids is 1. The summed E-state index contributed by atoms with van der Waals surface area (Å²) in [6.07, 6.45) is 5.52. The molecule has 0 aromatic carbocycles. The zero-order valence-corrected chi connectivity index (χ0v) is 11.0. The molecule has 1 aliphatic heterocycles. The summed E-state index contributed by atoms with van der Waals surface area (Å²) >= 11 is 0. The first-order valence-electron chi connectivity index (χ1n) is 6.73. The Morgan fingerprint density at radius 1 is 1.42 bits per heavy atom. The smallest absolute Gasteiger partial charge is 0.217 e. The molecular formula is C14H21N3O2. The Bertz CT molecular complexity index is 410. The van der Waals surface area contributed by atoms with Gasteiger partial charge in [0.15, 0.2) is 0 Å². The van der Waals surface area contributed by atoms with Gasteiger partial charge in [-0.3, -0.25) is 9.78 Å². The average Bonchev–Trinajstić information content (AvgIpc) is 2.70. The second-order valence-electron chi connectivity index (χ2n) is 5.22. The molecule has 0 saturated carbocycles. The van der Waals surface area contributed by atoms with Crippen molar-refractivity contribution in [2.75, 3.05) is 19.6 Å². The van der Waals surface area contributed by atoms with Gasteiger partial charge in [0.05, 0.1) is 6.10 Å². The number of hydrogen-bond donors (Lipinski definition) is 2. The molecule has 5 nitrogen and oxygen atoms in total. The second-order valence-corrected chi connectivity index (χ2v) is 5.22. The first-order valence-corrected chi connectivity index (χ1v) is 6.73. The molecular weight excluding hydrogens is 242 g/mol. The number of pyridine rings is 1. The van der Waals surface area contributed by atoms with Crippen molar-refractivity contribution in [1.29, 1.82) is 0 Å². The van der Waals surface area contributed by atoms with Crippen LogP contribution in [0.5, 0.6) is 0 Å². The van der Waals surface area contributed by atoms with Crippen molar-refractivity contribution in [2.24, 2.45) is 11.7 Å². The summed E-state index contributed by atoms with van der Waals surface area (Å²) < 4.78 is 0.